The largest absolute Gasteiger partial charge is 0.378 e. The molecule has 21 heavy (non-hydrogen) atoms. The van der Waals surface area contributed by atoms with E-state index in [1.54, 1.807) is 13.1 Å². The Kier molecular flexibility index (Phi) is 3.76. The van der Waals surface area contributed by atoms with Crippen LogP contribution < -0.4 is 10.2 Å². The Balaban J connectivity index is 2.07. The summed E-state index contributed by atoms with van der Waals surface area (Å²) in [5.41, 5.74) is 1.83. The molecule has 1 aliphatic carbocycles. The topological polar surface area (TPSA) is 78.2 Å². The van der Waals surface area contributed by atoms with Gasteiger partial charge in [-0.3, -0.25) is 4.79 Å². The summed E-state index contributed by atoms with van der Waals surface area (Å²) in [5, 5.41) is 12.0. The lowest BCUT2D eigenvalue weighted by molar-refractivity contribution is 0.0961. The molecular formula is C15H18N4O2. The van der Waals surface area contributed by atoms with Gasteiger partial charge in [-0.2, -0.15) is 5.26 Å². The molecule has 0 spiro atoms. The highest BCUT2D eigenvalue weighted by Gasteiger charge is 2.31. The molecule has 1 N–H and O–H groups in total. The smallest absolute Gasteiger partial charge is 0.254 e. The van der Waals surface area contributed by atoms with E-state index in [-0.39, 0.29) is 5.91 Å². The normalized spacial score (nSPS) is 18.2. The molecule has 2 aliphatic rings. The fraction of sp³-hybridized carbons (Fsp3) is 0.533. The maximum Gasteiger partial charge on any atom is 0.254 e. The molecule has 0 radical (unpaired) electrons. The zero-order valence-electron chi connectivity index (χ0n) is 12.1. The number of nitriles is 1. The third-order valence-electron chi connectivity index (χ3n) is 3.90. The molecule has 3 rings (SSSR count). The number of morpholine rings is 1. The number of nitrogens with one attached hydrogen (secondary N) is 1. The van der Waals surface area contributed by atoms with Gasteiger partial charge in [0.05, 0.1) is 30.0 Å². The number of amides is 1. The monoisotopic (exact) mass is 286 g/mol. The van der Waals surface area contributed by atoms with E-state index in [2.05, 4.69) is 21.3 Å². The number of carbonyl (C=O) groups is 1. The number of hydrogen-bond donors (Lipinski definition) is 1. The average molecular weight is 286 g/mol. The van der Waals surface area contributed by atoms with Crippen molar-refractivity contribution in [2.75, 3.05) is 38.3 Å². The minimum Gasteiger partial charge on any atom is -0.378 e. The first-order valence-electron chi connectivity index (χ1n) is 7.24. The number of hydrogen-bond acceptors (Lipinski definition) is 5. The average Bonchev–Trinajstić information content (AvgIpc) is 3.38. The second-order valence-electron chi connectivity index (χ2n) is 5.36. The van der Waals surface area contributed by atoms with E-state index in [4.69, 9.17) is 4.74 Å². The highest BCUT2D eigenvalue weighted by atomic mass is 16.5. The number of aromatic nitrogens is 1. The minimum atomic E-state index is -0.206. The van der Waals surface area contributed by atoms with Gasteiger partial charge in [0.2, 0.25) is 0 Å². The van der Waals surface area contributed by atoms with E-state index in [1.165, 1.54) is 0 Å². The Morgan fingerprint density at radius 2 is 2.19 bits per heavy atom. The van der Waals surface area contributed by atoms with Crippen LogP contribution >= 0.6 is 0 Å². The molecule has 6 heteroatoms. The number of anilines is 1. The van der Waals surface area contributed by atoms with Gasteiger partial charge in [-0.05, 0) is 18.9 Å². The molecule has 110 valence electrons. The highest BCUT2D eigenvalue weighted by Crippen LogP contribution is 2.41. The van der Waals surface area contributed by atoms with E-state index in [0.29, 0.717) is 49.2 Å². The first-order valence-corrected chi connectivity index (χ1v) is 7.24. The Bertz CT molecular complexity index is 598. The lowest BCUT2D eigenvalue weighted by Gasteiger charge is -2.29. The Morgan fingerprint density at radius 1 is 1.48 bits per heavy atom. The van der Waals surface area contributed by atoms with Crippen LogP contribution in [-0.2, 0) is 4.74 Å². The van der Waals surface area contributed by atoms with E-state index in [0.717, 1.165) is 18.5 Å². The molecule has 1 aliphatic heterocycles. The first kappa shape index (κ1) is 13.8. The van der Waals surface area contributed by atoms with Crippen molar-refractivity contribution >= 4 is 11.7 Å². The van der Waals surface area contributed by atoms with Crippen LogP contribution in [0.3, 0.4) is 0 Å². The maximum absolute atomic E-state index is 12.1. The third-order valence-corrected chi connectivity index (χ3v) is 3.90. The molecule has 0 unspecified atom stereocenters. The Morgan fingerprint density at radius 3 is 2.76 bits per heavy atom. The minimum absolute atomic E-state index is 0.206. The molecule has 6 nitrogen and oxygen atoms in total. The molecule has 1 saturated carbocycles. The quantitative estimate of drug-likeness (QED) is 0.897. The van der Waals surface area contributed by atoms with Crippen LogP contribution in [0, 0.1) is 11.3 Å². The van der Waals surface area contributed by atoms with Gasteiger partial charge in [-0.1, -0.05) is 0 Å². The molecule has 0 bridgehead atoms. The van der Waals surface area contributed by atoms with Crippen molar-refractivity contribution in [3.8, 4) is 6.07 Å². The summed E-state index contributed by atoms with van der Waals surface area (Å²) in [6, 6.07) is 3.87. The van der Waals surface area contributed by atoms with Crippen molar-refractivity contribution in [1.82, 2.24) is 10.3 Å². The van der Waals surface area contributed by atoms with Gasteiger partial charge in [-0.25, -0.2) is 4.98 Å². The van der Waals surface area contributed by atoms with Crippen molar-refractivity contribution in [1.29, 1.82) is 5.26 Å². The zero-order valence-corrected chi connectivity index (χ0v) is 12.1. The lowest BCUT2D eigenvalue weighted by Crippen LogP contribution is -2.38. The van der Waals surface area contributed by atoms with Crippen LogP contribution in [0.15, 0.2) is 6.07 Å². The van der Waals surface area contributed by atoms with Crippen LogP contribution in [0.1, 0.15) is 40.4 Å². The predicted molar refractivity (Wildman–Crippen MR) is 77.3 cm³/mol. The van der Waals surface area contributed by atoms with Crippen LogP contribution in [0.25, 0.3) is 0 Å². The molecule has 0 aromatic carbocycles. The molecule has 2 heterocycles. The number of carbonyl (C=O) groups excluding carboxylic acids is 1. The summed E-state index contributed by atoms with van der Waals surface area (Å²) in [5.74, 6) is 0.847. The zero-order chi connectivity index (χ0) is 14.8. The number of rotatable bonds is 3. The van der Waals surface area contributed by atoms with E-state index >= 15 is 0 Å². The number of pyridine rings is 1. The molecular weight excluding hydrogens is 268 g/mol. The first-order chi connectivity index (χ1) is 10.2. The van der Waals surface area contributed by atoms with Crippen molar-refractivity contribution < 1.29 is 9.53 Å². The van der Waals surface area contributed by atoms with Crippen molar-refractivity contribution in [2.45, 2.75) is 18.8 Å². The van der Waals surface area contributed by atoms with Crippen LogP contribution in [0.4, 0.5) is 5.82 Å². The molecule has 1 aromatic rings. The van der Waals surface area contributed by atoms with E-state index in [9.17, 15) is 10.1 Å². The van der Waals surface area contributed by atoms with Gasteiger partial charge in [0, 0.05) is 26.1 Å². The Labute approximate surface area is 123 Å². The fourth-order valence-electron chi connectivity index (χ4n) is 2.59. The third kappa shape index (κ3) is 2.69. The SMILES string of the molecule is CNC(=O)c1cc(C#N)c(C2CC2)nc1N1CCOCC1. The predicted octanol–water partition coefficient (Wildman–Crippen LogP) is 1.03. The second kappa shape index (κ2) is 5.70. The summed E-state index contributed by atoms with van der Waals surface area (Å²) >= 11 is 0. The summed E-state index contributed by atoms with van der Waals surface area (Å²) < 4.78 is 5.36. The number of nitrogens with zero attached hydrogens (tertiary/aromatic N) is 3. The van der Waals surface area contributed by atoms with Crippen molar-refractivity contribution in [2.24, 2.45) is 0 Å². The van der Waals surface area contributed by atoms with Crippen LogP contribution in [0.5, 0.6) is 0 Å². The summed E-state index contributed by atoms with van der Waals surface area (Å²) in [7, 11) is 1.59. The fourth-order valence-corrected chi connectivity index (χ4v) is 2.59. The van der Waals surface area contributed by atoms with E-state index in [1.807, 2.05) is 0 Å². The summed E-state index contributed by atoms with van der Waals surface area (Å²) in [6.07, 6.45) is 2.15. The molecule has 1 aromatic heterocycles. The van der Waals surface area contributed by atoms with Gasteiger partial charge in [0.25, 0.3) is 5.91 Å². The van der Waals surface area contributed by atoms with Crippen molar-refractivity contribution in [3.05, 3.63) is 22.9 Å². The van der Waals surface area contributed by atoms with Gasteiger partial charge >= 0.3 is 0 Å². The van der Waals surface area contributed by atoms with Gasteiger partial charge in [0.15, 0.2) is 0 Å². The standard InChI is InChI=1S/C15H18N4O2/c1-17-15(20)12-8-11(9-16)13(10-2-3-10)18-14(12)19-4-6-21-7-5-19/h8,10H,2-7H2,1H3,(H,17,20). The molecule has 1 saturated heterocycles. The maximum atomic E-state index is 12.1. The van der Waals surface area contributed by atoms with Gasteiger partial charge < -0.3 is 15.0 Å². The van der Waals surface area contributed by atoms with Crippen LogP contribution in [0.2, 0.25) is 0 Å². The molecule has 1 amide bonds. The lowest BCUT2D eigenvalue weighted by atomic mass is 10.1. The highest BCUT2D eigenvalue weighted by molar-refractivity contribution is 5.99. The second-order valence-corrected chi connectivity index (χ2v) is 5.36. The summed E-state index contributed by atoms with van der Waals surface area (Å²) in [6.45, 7) is 2.70. The Hall–Kier alpha value is -2.13. The summed E-state index contributed by atoms with van der Waals surface area (Å²) in [4.78, 5) is 18.9. The number of ether oxygens (including phenoxy) is 1. The molecule has 2 fully saturated rings. The molecule has 0 atom stereocenters. The van der Waals surface area contributed by atoms with Gasteiger partial charge in [-0.15, -0.1) is 0 Å². The van der Waals surface area contributed by atoms with Crippen molar-refractivity contribution in [3.63, 3.8) is 0 Å². The van der Waals surface area contributed by atoms with Gasteiger partial charge in [0.1, 0.15) is 11.9 Å². The van der Waals surface area contributed by atoms with E-state index < -0.39 is 0 Å². The van der Waals surface area contributed by atoms with Crippen LogP contribution in [-0.4, -0.2) is 44.2 Å².